The maximum absolute atomic E-state index is 4.85. The lowest BCUT2D eigenvalue weighted by Gasteiger charge is -2.10. The van der Waals surface area contributed by atoms with Crippen LogP contribution in [0.5, 0.6) is 0 Å². The van der Waals surface area contributed by atoms with Crippen molar-refractivity contribution in [3.63, 3.8) is 0 Å². The second kappa shape index (κ2) is 7.13. The van der Waals surface area contributed by atoms with Crippen LogP contribution in [0.15, 0.2) is 115 Å². The molecule has 0 saturated heterocycles. The van der Waals surface area contributed by atoms with Crippen LogP contribution in [-0.4, -0.2) is 4.98 Å². The van der Waals surface area contributed by atoms with E-state index in [-0.39, 0.29) is 0 Å². The summed E-state index contributed by atoms with van der Waals surface area (Å²) in [5.74, 6) is 0. The molecule has 132 valence electrons. The molecule has 0 unspecified atom stereocenters. The van der Waals surface area contributed by atoms with Gasteiger partial charge in [0.2, 0.25) is 0 Å². The van der Waals surface area contributed by atoms with E-state index in [1.807, 2.05) is 12.3 Å². The van der Waals surface area contributed by atoms with Crippen molar-refractivity contribution in [1.82, 2.24) is 4.98 Å². The fourth-order valence-electron chi connectivity index (χ4n) is 3.93. The van der Waals surface area contributed by atoms with Crippen LogP contribution < -0.4 is 0 Å². The summed E-state index contributed by atoms with van der Waals surface area (Å²) in [4.78, 5) is 4.85. The highest BCUT2D eigenvalue weighted by atomic mass is 14.7. The Hall–Kier alpha value is -3.71. The van der Waals surface area contributed by atoms with Crippen LogP contribution in [0.4, 0.5) is 0 Å². The Balaban J connectivity index is 1.97. The minimum absolute atomic E-state index is 1.04. The first-order chi connectivity index (χ1) is 13.9. The number of aromatic nitrogens is 1. The van der Waals surface area contributed by atoms with Crippen LogP contribution in [-0.2, 0) is 0 Å². The third-order valence-electron chi connectivity index (χ3n) is 5.11. The second-order valence-corrected chi connectivity index (χ2v) is 6.82. The normalized spacial score (nSPS) is 10.9. The minimum Gasteiger partial charge on any atom is -0.256 e. The third-order valence-corrected chi connectivity index (χ3v) is 5.11. The first kappa shape index (κ1) is 16.5. The number of hydrogen-bond acceptors (Lipinski definition) is 1. The third kappa shape index (κ3) is 2.78. The van der Waals surface area contributed by atoms with Gasteiger partial charge in [0.1, 0.15) is 0 Å². The molecular weight excluding hydrogens is 338 g/mol. The summed E-state index contributed by atoms with van der Waals surface area (Å²) in [6.07, 6.45) is 1.89. The minimum atomic E-state index is 1.04. The van der Waals surface area contributed by atoms with Crippen molar-refractivity contribution >= 4 is 0 Å². The van der Waals surface area contributed by atoms with E-state index in [0.717, 1.165) is 5.69 Å². The van der Waals surface area contributed by atoms with Gasteiger partial charge in [-0.1, -0.05) is 103 Å². The number of nitrogens with zero attached hydrogens (tertiary/aromatic N) is 1. The fraction of sp³-hybridized carbons (Fsp3) is 0. The summed E-state index contributed by atoms with van der Waals surface area (Å²) in [5, 5.41) is 0. The van der Waals surface area contributed by atoms with Crippen molar-refractivity contribution in [3.8, 4) is 44.6 Å². The summed E-state index contributed by atoms with van der Waals surface area (Å²) in [7, 11) is 0. The molecule has 0 radical (unpaired) electrons. The Morgan fingerprint density at radius 3 is 1.43 bits per heavy atom. The van der Waals surface area contributed by atoms with Gasteiger partial charge in [0.25, 0.3) is 0 Å². The highest BCUT2D eigenvalue weighted by molar-refractivity contribution is 6.09. The standard InChI is InChI=1S/C27H19N/c1-4-12-20(13-5-1)24-23-18-10-11-19-28-27(23)26(22-16-8-3-9-17-22)25(24)21-14-6-2-7-15-21/h1-19H. The van der Waals surface area contributed by atoms with Crippen LogP contribution in [0.1, 0.15) is 0 Å². The van der Waals surface area contributed by atoms with Gasteiger partial charge in [0.05, 0.1) is 5.69 Å². The summed E-state index contributed by atoms with van der Waals surface area (Å²) < 4.78 is 0. The molecule has 0 saturated carbocycles. The summed E-state index contributed by atoms with van der Waals surface area (Å²) in [5.41, 5.74) is 9.49. The molecule has 0 atom stereocenters. The van der Waals surface area contributed by atoms with E-state index >= 15 is 0 Å². The zero-order valence-electron chi connectivity index (χ0n) is 15.4. The van der Waals surface area contributed by atoms with Gasteiger partial charge in [-0.05, 0) is 28.3 Å². The molecule has 28 heavy (non-hydrogen) atoms. The maximum atomic E-state index is 4.85. The number of fused-ring (bicyclic) bond motifs is 1. The van der Waals surface area contributed by atoms with E-state index in [2.05, 4.69) is 103 Å². The van der Waals surface area contributed by atoms with E-state index in [4.69, 9.17) is 4.98 Å². The van der Waals surface area contributed by atoms with E-state index in [1.54, 1.807) is 0 Å². The Bertz CT molecular complexity index is 1100. The van der Waals surface area contributed by atoms with Crippen LogP contribution in [0.2, 0.25) is 0 Å². The monoisotopic (exact) mass is 357 g/mol. The highest BCUT2D eigenvalue weighted by Gasteiger charge is 2.26. The quantitative estimate of drug-likeness (QED) is 0.333. The summed E-state index contributed by atoms with van der Waals surface area (Å²) >= 11 is 0. The Morgan fingerprint density at radius 1 is 0.393 bits per heavy atom. The van der Waals surface area contributed by atoms with Gasteiger partial charge in [-0.3, -0.25) is 4.98 Å². The van der Waals surface area contributed by atoms with Gasteiger partial charge >= 0.3 is 0 Å². The zero-order valence-corrected chi connectivity index (χ0v) is 15.4. The lowest BCUT2D eigenvalue weighted by molar-refractivity contribution is 1.38. The van der Waals surface area contributed by atoms with E-state index in [1.165, 1.54) is 38.9 Å². The largest absolute Gasteiger partial charge is 0.256 e. The van der Waals surface area contributed by atoms with Crippen LogP contribution >= 0.6 is 0 Å². The van der Waals surface area contributed by atoms with Crippen molar-refractivity contribution in [1.29, 1.82) is 0 Å². The SMILES string of the molecule is c1ccc(-c2c3ccccnc-3c(-c3ccccc3)c2-c2ccccc2)cc1. The van der Waals surface area contributed by atoms with Gasteiger partial charge in [-0.2, -0.15) is 0 Å². The van der Waals surface area contributed by atoms with Crippen molar-refractivity contribution < 1.29 is 0 Å². The van der Waals surface area contributed by atoms with Gasteiger partial charge in [-0.25, -0.2) is 0 Å². The number of rotatable bonds is 3. The highest BCUT2D eigenvalue weighted by Crippen LogP contribution is 2.51. The average molecular weight is 357 g/mol. The molecule has 3 aromatic carbocycles. The van der Waals surface area contributed by atoms with Crippen molar-refractivity contribution in [2.45, 2.75) is 0 Å². The molecule has 1 heterocycles. The lowest BCUT2D eigenvalue weighted by atomic mass is 9.93. The molecule has 0 N–H and O–H groups in total. The summed E-state index contributed by atoms with van der Waals surface area (Å²) in [6.45, 7) is 0. The van der Waals surface area contributed by atoms with Gasteiger partial charge < -0.3 is 0 Å². The predicted octanol–water partition coefficient (Wildman–Crippen LogP) is 7.19. The smallest absolute Gasteiger partial charge is 0.0793 e. The van der Waals surface area contributed by atoms with E-state index < -0.39 is 0 Å². The van der Waals surface area contributed by atoms with Gasteiger partial charge in [-0.15, -0.1) is 0 Å². The van der Waals surface area contributed by atoms with Crippen molar-refractivity contribution in [2.24, 2.45) is 0 Å². The molecule has 1 nitrogen and oxygen atoms in total. The van der Waals surface area contributed by atoms with E-state index in [9.17, 15) is 0 Å². The average Bonchev–Trinajstić information content (AvgIpc) is 2.91. The molecule has 2 aliphatic rings. The van der Waals surface area contributed by atoms with Crippen LogP contribution in [0, 0.1) is 0 Å². The molecule has 0 aromatic heterocycles. The Kier molecular flexibility index (Phi) is 4.19. The van der Waals surface area contributed by atoms with Crippen LogP contribution in [0.3, 0.4) is 0 Å². The summed E-state index contributed by atoms with van der Waals surface area (Å²) in [6, 6.07) is 38.1. The predicted molar refractivity (Wildman–Crippen MR) is 117 cm³/mol. The molecule has 0 spiro atoms. The zero-order chi connectivity index (χ0) is 18.8. The molecule has 0 amide bonds. The molecular formula is C27H19N. The molecule has 0 fully saturated rings. The number of benzene rings is 3. The van der Waals surface area contributed by atoms with E-state index in [0.29, 0.717) is 0 Å². The number of hydrogen-bond donors (Lipinski definition) is 0. The molecule has 3 aromatic rings. The van der Waals surface area contributed by atoms with Crippen molar-refractivity contribution in [2.75, 3.05) is 0 Å². The van der Waals surface area contributed by atoms with Crippen molar-refractivity contribution in [3.05, 3.63) is 115 Å². The lowest BCUT2D eigenvalue weighted by Crippen LogP contribution is -1.84. The molecule has 5 rings (SSSR count). The van der Waals surface area contributed by atoms with Crippen LogP contribution in [0.25, 0.3) is 44.6 Å². The Morgan fingerprint density at radius 2 is 0.857 bits per heavy atom. The van der Waals surface area contributed by atoms with Gasteiger partial charge in [0.15, 0.2) is 0 Å². The first-order valence-corrected chi connectivity index (χ1v) is 9.50. The Labute approximate surface area is 165 Å². The molecule has 0 bridgehead atoms. The molecule has 1 aliphatic carbocycles. The molecule has 1 heteroatoms. The maximum Gasteiger partial charge on any atom is 0.0793 e. The second-order valence-electron chi connectivity index (χ2n) is 6.82. The first-order valence-electron chi connectivity index (χ1n) is 9.50. The fourth-order valence-corrected chi connectivity index (χ4v) is 3.93. The molecule has 1 aliphatic heterocycles. The topological polar surface area (TPSA) is 12.9 Å². The van der Waals surface area contributed by atoms with Gasteiger partial charge in [0, 0.05) is 22.9 Å².